The Morgan fingerprint density at radius 2 is 2.04 bits per heavy atom. The summed E-state index contributed by atoms with van der Waals surface area (Å²) in [5, 5.41) is 20.9. The van der Waals surface area contributed by atoms with Crippen LogP contribution >= 0.6 is 0 Å². The first-order chi connectivity index (χ1) is 12.0. The van der Waals surface area contributed by atoms with Crippen LogP contribution < -0.4 is 0 Å². The molecule has 0 aromatic heterocycles. The second-order valence-corrected chi connectivity index (χ2v) is 8.85. The maximum atomic E-state index is 10.5. The Morgan fingerprint density at radius 1 is 1.20 bits per heavy atom. The van der Waals surface area contributed by atoms with E-state index in [1.54, 1.807) is 0 Å². The topological polar surface area (TPSA) is 40.5 Å². The second kappa shape index (κ2) is 6.46. The minimum absolute atomic E-state index is 0.104. The monoisotopic (exact) mass is 340 g/mol. The molecule has 25 heavy (non-hydrogen) atoms. The SMILES string of the molecule is CCCC=Cc1cc2c(cc1O)CC[C@@H]1[C@@H]2CC[C@]2(C)[C@@H](O)CC[C@@H]12. The minimum atomic E-state index is -0.104. The number of aromatic hydroxyl groups is 1. The molecule has 1 aromatic rings. The van der Waals surface area contributed by atoms with Gasteiger partial charge in [-0.2, -0.15) is 0 Å². The average Bonchev–Trinajstić information content (AvgIpc) is 2.91. The normalized spacial score (nSPS) is 36.9. The number of aliphatic hydroxyl groups is 1. The molecule has 3 aliphatic carbocycles. The van der Waals surface area contributed by atoms with E-state index in [2.05, 4.69) is 32.1 Å². The molecule has 0 heterocycles. The molecule has 5 atom stereocenters. The van der Waals surface area contributed by atoms with Crippen LogP contribution in [0.2, 0.25) is 0 Å². The molecule has 0 unspecified atom stereocenters. The number of hydrogen-bond donors (Lipinski definition) is 2. The van der Waals surface area contributed by atoms with Gasteiger partial charge in [0.15, 0.2) is 0 Å². The van der Waals surface area contributed by atoms with Gasteiger partial charge >= 0.3 is 0 Å². The quantitative estimate of drug-likeness (QED) is 0.771. The number of fused-ring (bicyclic) bond motifs is 5. The highest BCUT2D eigenvalue weighted by molar-refractivity contribution is 5.60. The van der Waals surface area contributed by atoms with Gasteiger partial charge in [0.1, 0.15) is 5.75 Å². The van der Waals surface area contributed by atoms with Gasteiger partial charge in [-0.1, -0.05) is 32.4 Å². The number of benzene rings is 1. The predicted molar refractivity (Wildman–Crippen MR) is 103 cm³/mol. The lowest BCUT2D eigenvalue weighted by Crippen LogP contribution is -2.43. The number of aryl methyl sites for hydroxylation is 1. The smallest absolute Gasteiger partial charge is 0.123 e. The minimum Gasteiger partial charge on any atom is -0.507 e. The van der Waals surface area contributed by atoms with Crippen molar-refractivity contribution in [2.24, 2.45) is 17.3 Å². The number of phenolic OH excluding ortho intramolecular Hbond substituents is 1. The largest absolute Gasteiger partial charge is 0.507 e. The molecule has 0 spiro atoms. The Hall–Kier alpha value is -1.28. The summed E-state index contributed by atoms with van der Waals surface area (Å²) in [7, 11) is 0. The third-order valence-corrected chi connectivity index (χ3v) is 7.57. The Labute approximate surface area is 152 Å². The van der Waals surface area contributed by atoms with Gasteiger partial charge in [0.25, 0.3) is 0 Å². The Kier molecular flexibility index (Phi) is 4.43. The van der Waals surface area contributed by atoms with Gasteiger partial charge in [0.2, 0.25) is 0 Å². The van der Waals surface area contributed by atoms with Crippen molar-refractivity contribution in [1.29, 1.82) is 0 Å². The number of unbranched alkanes of at least 4 members (excludes halogenated alkanes) is 1. The van der Waals surface area contributed by atoms with Crippen LogP contribution in [0.3, 0.4) is 0 Å². The first-order valence-corrected chi connectivity index (χ1v) is 10.2. The summed E-state index contributed by atoms with van der Waals surface area (Å²) in [5.74, 6) is 2.43. The van der Waals surface area contributed by atoms with Crippen molar-refractivity contribution < 1.29 is 10.2 Å². The highest BCUT2D eigenvalue weighted by atomic mass is 16.3. The molecular weight excluding hydrogens is 308 g/mol. The summed E-state index contributed by atoms with van der Waals surface area (Å²) < 4.78 is 0. The zero-order chi connectivity index (χ0) is 17.6. The van der Waals surface area contributed by atoms with Crippen molar-refractivity contribution in [2.45, 2.75) is 77.2 Å². The predicted octanol–water partition coefficient (Wildman–Crippen LogP) is 5.42. The molecule has 2 N–H and O–H groups in total. The number of rotatable bonds is 3. The average molecular weight is 341 g/mol. The fraction of sp³-hybridized carbons (Fsp3) is 0.652. The number of aliphatic hydroxyl groups excluding tert-OH is 1. The Morgan fingerprint density at radius 3 is 2.84 bits per heavy atom. The summed E-state index contributed by atoms with van der Waals surface area (Å²) >= 11 is 0. The maximum absolute atomic E-state index is 10.5. The highest BCUT2D eigenvalue weighted by Gasteiger charge is 2.54. The van der Waals surface area contributed by atoms with Gasteiger partial charge in [-0.3, -0.25) is 0 Å². The van der Waals surface area contributed by atoms with Crippen molar-refractivity contribution in [2.75, 3.05) is 0 Å². The van der Waals surface area contributed by atoms with Crippen LogP contribution in [0.15, 0.2) is 18.2 Å². The highest BCUT2D eigenvalue weighted by Crippen LogP contribution is 2.61. The molecule has 2 fully saturated rings. The molecule has 2 heteroatoms. The van der Waals surface area contributed by atoms with Crippen molar-refractivity contribution in [3.8, 4) is 5.75 Å². The molecule has 0 saturated heterocycles. The van der Waals surface area contributed by atoms with Crippen LogP contribution in [-0.2, 0) is 6.42 Å². The first kappa shape index (κ1) is 17.1. The van der Waals surface area contributed by atoms with E-state index in [9.17, 15) is 10.2 Å². The number of allylic oxidation sites excluding steroid dienone is 1. The molecule has 0 amide bonds. The lowest BCUT2D eigenvalue weighted by atomic mass is 9.55. The fourth-order valence-electron chi connectivity index (χ4n) is 6.11. The summed E-state index contributed by atoms with van der Waals surface area (Å²) in [5.41, 5.74) is 3.95. The lowest BCUT2D eigenvalue weighted by molar-refractivity contribution is -0.0226. The summed E-state index contributed by atoms with van der Waals surface area (Å²) in [6.07, 6.45) is 13.1. The summed E-state index contributed by atoms with van der Waals surface area (Å²) in [6, 6.07) is 4.29. The van der Waals surface area contributed by atoms with Crippen molar-refractivity contribution in [3.05, 3.63) is 34.9 Å². The fourth-order valence-corrected chi connectivity index (χ4v) is 6.11. The molecule has 0 bridgehead atoms. The van der Waals surface area contributed by atoms with Gasteiger partial charge in [0.05, 0.1) is 6.10 Å². The van der Waals surface area contributed by atoms with Crippen LogP contribution in [0, 0.1) is 17.3 Å². The van der Waals surface area contributed by atoms with E-state index < -0.39 is 0 Å². The lowest BCUT2D eigenvalue weighted by Gasteiger charge is -2.50. The van der Waals surface area contributed by atoms with Crippen LogP contribution in [0.25, 0.3) is 6.08 Å². The third-order valence-electron chi connectivity index (χ3n) is 7.57. The Bertz CT molecular complexity index is 677. The second-order valence-electron chi connectivity index (χ2n) is 8.85. The Balaban J connectivity index is 1.66. The van der Waals surface area contributed by atoms with E-state index >= 15 is 0 Å². The van der Waals surface area contributed by atoms with Gasteiger partial charge in [-0.05, 0) is 91.4 Å². The zero-order valence-corrected chi connectivity index (χ0v) is 15.7. The summed E-state index contributed by atoms with van der Waals surface area (Å²) in [6.45, 7) is 4.51. The van der Waals surface area contributed by atoms with E-state index in [1.165, 1.54) is 30.4 Å². The standard InChI is InChI=1S/C23H32O2/c1-3-4-5-6-16-13-19-15(14-21(16)24)7-8-18-17(19)11-12-23(2)20(18)9-10-22(23)25/h5-6,13-14,17-18,20,22,24-25H,3-4,7-12H2,1-2H3/t17-,18+,20-,22-,23-/m0/s1. The van der Waals surface area contributed by atoms with E-state index in [-0.39, 0.29) is 11.5 Å². The molecular formula is C23H32O2. The molecule has 0 radical (unpaired) electrons. The van der Waals surface area contributed by atoms with Gasteiger partial charge in [0, 0.05) is 5.56 Å². The molecule has 0 aliphatic heterocycles. The van der Waals surface area contributed by atoms with Crippen LogP contribution in [0.4, 0.5) is 0 Å². The molecule has 2 saturated carbocycles. The van der Waals surface area contributed by atoms with E-state index in [0.29, 0.717) is 23.5 Å². The van der Waals surface area contributed by atoms with Crippen LogP contribution in [0.5, 0.6) is 5.75 Å². The zero-order valence-electron chi connectivity index (χ0n) is 15.7. The first-order valence-electron chi connectivity index (χ1n) is 10.2. The van der Waals surface area contributed by atoms with Crippen LogP contribution in [0.1, 0.15) is 81.4 Å². The van der Waals surface area contributed by atoms with Crippen LogP contribution in [-0.4, -0.2) is 16.3 Å². The molecule has 1 aromatic carbocycles. The summed E-state index contributed by atoms with van der Waals surface area (Å²) in [4.78, 5) is 0. The molecule has 136 valence electrons. The van der Waals surface area contributed by atoms with Crippen molar-refractivity contribution >= 4 is 6.08 Å². The van der Waals surface area contributed by atoms with E-state index in [1.807, 2.05) is 6.07 Å². The molecule has 4 rings (SSSR count). The van der Waals surface area contributed by atoms with Gasteiger partial charge in [-0.25, -0.2) is 0 Å². The molecule has 3 aliphatic rings. The van der Waals surface area contributed by atoms with E-state index in [0.717, 1.165) is 37.7 Å². The number of phenols is 1. The maximum Gasteiger partial charge on any atom is 0.123 e. The van der Waals surface area contributed by atoms with Gasteiger partial charge < -0.3 is 10.2 Å². The number of hydrogen-bond acceptors (Lipinski definition) is 2. The van der Waals surface area contributed by atoms with Gasteiger partial charge in [-0.15, -0.1) is 0 Å². The molecule has 2 nitrogen and oxygen atoms in total. The third kappa shape index (κ3) is 2.73. The van der Waals surface area contributed by atoms with Crippen molar-refractivity contribution in [1.82, 2.24) is 0 Å². The van der Waals surface area contributed by atoms with Crippen molar-refractivity contribution in [3.63, 3.8) is 0 Å². The van der Waals surface area contributed by atoms with E-state index in [4.69, 9.17) is 0 Å².